The molecule has 4 fully saturated rings. The molecule has 3 aromatic carbocycles. The van der Waals surface area contributed by atoms with Crippen molar-refractivity contribution in [2.45, 2.75) is 76.0 Å². The van der Waals surface area contributed by atoms with Crippen LogP contribution in [0.15, 0.2) is 60.7 Å². The van der Waals surface area contributed by atoms with Gasteiger partial charge in [0.1, 0.15) is 17.9 Å². The molecule has 1 saturated carbocycles. The predicted octanol–water partition coefficient (Wildman–Crippen LogP) is 5.16. The van der Waals surface area contributed by atoms with Gasteiger partial charge in [-0.2, -0.15) is 5.26 Å². The van der Waals surface area contributed by atoms with E-state index in [0.29, 0.717) is 38.9 Å². The second-order valence-corrected chi connectivity index (χ2v) is 16.5. The molecule has 5 aliphatic rings. The number of halogens is 1. The third-order valence-electron chi connectivity index (χ3n) is 12.5. The lowest BCUT2D eigenvalue weighted by Gasteiger charge is -2.38. The van der Waals surface area contributed by atoms with Crippen LogP contribution >= 0.6 is 11.6 Å². The quantitative estimate of drug-likeness (QED) is 0.263. The van der Waals surface area contributed by atoms with Gasteiger partial charge in [0.2, 0.25) is 11.8 Å². The number of rotatable bonds is 10. The van der Waals surface area contributed by atoms with E-state index >= 15 is 0 Å². The van der Waals surface area contributed by atoms with Gasteiger partial charge in [-0.25, -0.2) is 0 Å². The summed E-state index contributed by atoms with van der Waals surface area (Å²) in [6, 6.07) is 19.6. The van der Waals surface area contributed by atoms with Crippen molar-refractivity contribution in [3.8, 4) is 11.8 Å². The highest BCUT2D eigenvalue weighted by atomic mass is 35.5. The highest BCUT2D eigenvalue weighted by Gasteiger charge is 2.45. The molecule has 302 valence electrons. The first-order valence-corrected chi connectivity index (χ1v) is 20.9. The minimum Gasteiger partial charge on any atom is -0.490 e. The molecule has 0 radical (unpaired) electrons. The highest BCUT2D eigenvalue weighted by molar-refractivity contribution is 6.31. The number of ether oxygens (including phenoxy) is 1. The predicted molar refractivity (Wildman–Crippen MR) is 218 cm³/mol. The van der Waals surface area contributed by atoms with Crippen LogP contribution in [0.1, 0.15) is 94.4 Å². The fraction of sp³-hybridized carbons (Fsp3) is 0.455. The van der Waals surface area contributed by atoms with Crippen LogP contribution in [0, 0.1) is 17.2 Å². The summed E-state index contributed by atoms with van der Waals surface area (Å²) < 4.78 is 6.10. The van der Waals surface area contributed by atoms with Gasteiger partial charge in [-0.3, -0.25) is 39.1 Å². The van der Waals surface area contributed by atoms with Gasteiger partial charge < -0.3 is 19.9 Å². The van der Waals surface area contributed by atoms with E-state index in [1.54, 1.807) is 30.3 Å². The van der Waals surface area contributed by atoms with Crippen LogP contribution in [0.4, 0.5) is 11.4 Å². The smallest absolute Gasteiger partial charge is 0.262 e. The molecule has 4 heterocycles. The Bertz CT molecular complexity index is 2110. The molecule has 58 heavy (non-hydrogen) atoms. The molecule has 3 aromatic rings. The molecular weight excluding hydrogens is 758 g/mol. The van der Waals surface area contributed by atoms with Gasteiger partial charge in [0, 0.05) is 74.7 Å². The van der Waals surface area contributed by atoms with Gasteiger partial charge in [-0.1, -0.05) is 11.6 Å². The third kappa shape index (κ3) is 8.54. The van der Waals surface area contributed by atoms with E-state index in [1.165, 1.54) is 0 Å². The number of nitrogens with zero attached hydrogens (tertiary/aromatic N) is 5. The summed E-state index contributed by atoms with van der Waals surface area (Å²) in [6.45, 7) is 6.48. The normalized spacial score (nSPS) is 23.0. The Balaban J connectivity index is 0.735. The third-order valence-corrected chi connectivity index (χ3v) is 12.8. The van der Waals surface area contributed by atoms with E-state index in [0.717, 1.165) is 107 Å². The molecule has 0 spiro atoms. The largest absolute Gasteiger partial charge is 0.490 e. The number of fused-ring (bicyclic) bond motifs is 1. The second-order valence-electron chi connectivity index (χ2n) is 16.1. The van der Waals surface area contributed by atoms with E-state index in [2.05, 4.69) is 43.5 Å². The number of hydrogen-bond acceptors (Lipinski definition) is 10. The van der Waals surface area contributed by atoms with Gasteiger partial charge in [-0.15, -0.1) is 0 Å². The van der Waals surface area contributed by atoms with Crippen LogP contribution in [0.3, 0.4) is 0 Å². The SMILES string of the molecule is N#Cc1ccc(O[C@H]2CC[C@H](NC(=O)c3ccc(N4CCC(CCN5CCN(c6ccc7c(c6)C(=O)N(C6CCC(=O)NC6=O)C7=O)CC5)CC4)cc3)CC2)cc1Cl. The standard InChI is InChI=1S/C44H48ClN7O6/c45-38-26-35(9-3-30(38)27-46)58-34-10-4-31(5-11-34)47-41(54)29-1-6-32(7-2-29)50-19-16-28(17-20-50)15-18-49-21-23-51(24-22-49)33-8-12-36-37(25-33)44(57)52(43(36)56)39-13-14-40(53)48-42(39)55/h1-3,6-9,12,25-26,28,31,34,39H,4-5,10-11,13-24H2,(H,47,54)(H,48,53,55)/t31-,34-,39?. The molecule has 2 N–H and O–H groups in total. The lowest BCUT2D eigenvalue weighted by Crippen LogP contribution is -2.54. The first kappa shape index (κ1) is 39.4. The number of nitriles is 1. The number of hydrogen-bond donors (Lipinski definition) is 2. The van der Waals surface area contributed by atoms with E-state index in [-0.39, 0.29) is 36.8 Å². The summed E-state index contributed by atoms with van der Waals surface area (Å²) >= 11 is 6.16. The number of amides is 5. The van der Waals surface area contributed by atoms with E-state index in [4.69, 9.17) is 21.6 Å². The van der Waals surface area contributed by atoms with E-state index in [9.17, 15) is 24.0 Å². The van der Waals surface area contributed by atoms with Crippen molar-refractivity contribution >= 4 is 52.5 Å². The number of carbonyl (C=O) groups is 5. The molecule has 8 rings (SSSR count). The van der Waals surface area contributed by atoms with Gasteiger partial charge in [0.25, 0.3) is 17.7 Å². The van der Waals surface area contributed by atoms with Gasteiger partial charge >= 0.3 is 0 Å². The fourth-order valence-electron chi connectivity index (χ4n) is 9.00. The molecule has 1 unspecified atom stereocenters. The minimum absolute atomic E-state index is 0.0495. The van der Waals surface area contributed by atoms with Crippen LogP contribution in [0.5, 0.6) is 5.75 Å². The van der Waals surface area contributed by atoms with Gasteiger partial charge in [0.05, 0.1) is 27.8 Å². The van der Waals surface area contributed by atoms with Crippen molar-refractivity contribution < 1.29 is 28.7 Å². The maximum absolute atomic E-state index is 13.3. The van der Waals surface area contributed by atoms with Crippen LogP contribution in [-0.2, 0) is 9.59 Å². The van der Waals surface area contributed by atoms with E-state index < -0.39 is 23.8 Å². The fourth-order valence-corrected chi connectivity index (χ4v) is 9.21. The summed E-state index contributed by atoms with van der Waals surface area (Å²) in [5.74, 6) is -0.686. The lowest BCUT2D eigenvalue weighted by atomic mass is 9.92. The first-order chi connectivity index (χ1) is 28.1. The number of carbonyl (C=O) groups excluding carboxylic acids is 5. The Morgan fingerprint density at radius 2 is 1.48 bits per heavy atom. The molecule has 13 nitrogen and oxygen atoms in total. The lowest BCUT2D eigenvalue weighted by molar-refractivity contribution is -0.136. The Kier molecular flexibility index (Phi) is 11.7. The second kappa shape index (κ2) is 17.2. The molecule has 3 saturated heterocycles. The number of piperazine rings is 1. The molecule has 0 aromatic heterocycles. The number of imide groups is 2. The van der Waals surface area contributed by atoms with E-state index in [1.807, 2.05) is 18.2 Å². The summed E-state index contributed by atoms with van der Waals surface area (Å²) in [4.78, 5) is 71.7. The monoisotopic (exact) mass is 805 g/mol. The molecule has 1 aliphatic carbocycles. The zero-order valence-corrected chi connectivity index (χ0v) is 33.2. The maximum atomic E-state index is 13.3. The van der Waals surface area contributed by atoms with Crippen molar-refractivity contribution in [2.24, 2.45) is 5.92 Å². The van der Waals surface area contributed by atoms with Crippen molar-refractivity contribution in [2.75, 3.05) is 55.6 Å². The molecule has 4 aliphatic heterocycles. The van der Waals surface area contributed by atoms with Crippen molar-refractivity contribution in [3.05, 3.63) is 87.9 Å². The maximum Gasteiger partial charge on any atom is 0.262 e. The summed E-state index contributed by atoms with van der Waals surface area (Å²) in [5, 5.41) is 14.9. The topological polar surface area (TPSA) is 155 Å². The Morgan fingerprint density at radius 3 is 2.17 bits per heavy atom. The summed E-state index contributed by atoms with van der Waals surface area (Å²) in [5.41, 5.74) is 3.75. The van der Waals surface area contributed by atoms with Gasteiger partial charge in [0.15, 0.2) is 0 Å². The van der Waals surface area contributed by atoms with Crippen molar-refractivity contribution in [1.29, 1.82) is 5.26 Å². The van der Waals surface area contributed by atoms with Crippen molar-refractivity contribution in [3.63, 3.8) is 0 Å². The average molecular weight is 806 g/mol. The molecule has 5 amide bonds. The van der Waals surface area contributed by atoms with Crippen LogP contribution in [0.25, 0.3) is 0 Å². The average Bonchev–Trinajstić information content (AvgIpc) is 3.49. The zero-order chi connectivity index (χ0) is 40.3. The van der Waals surface area contributed by atoms with Crippen LogP contribution in [-0.4, -0.2) is 103 Å². The molecule has 14 heteroatoms. The Morgan fingerprint density at radius 1 is 0.793 bits per heavy atom. The minimum atomic E-state index is -0.967. The summed E-state index contributed by atoms with van der Waals surface area (Å²) in [6.07, 6.45) is 7.02. The highest BCUT2D eigenvalue weighted by Crippen LogP contribution is 2.32. The molecular formula is C44H48ClN7O6. The van der Waals surface area contributed by atoms with Gasteiger partial charge in [-0.05, 0) is 118 Å². The molecule has 0 bridgehead atoms. The summed E-state index contributed by atoms with van der Waals surface area (Å²) in [7, 11) is 0. The number of anilines is 2. The first-order valence-electron chi connectivity index (χ1n) is 20.5. The van der Waals surface area contributed by atoms with Crippen LogP contribution < -0.4 is 25.2 Å². The zero-order valence-electron chi connectivity index (χ0n) is 32.5. The molecule has 1 atom stereocenters. The Labute approximate surface area is 343 Å². The Hall–Kier alpha value is -5.45. The van der Waals surface area contributed by atoms with Crippen LogP contribution in [0.2, 0.25) is 5.02 Å². The van der Waals surface area contributed by atoms with Crippen molar-refractivity contribution in [1.82, 2.24) is 20.4 Å². The number of nitrogens with one attached hydrogen (secondary N) is 2. The number of piperidine rings is 2. The number of benzene rings is 3.